The molecule has 0 fully saturated rings. The van der Waals surface area contributed by atoms with Gasteiger partial charge in [-0.05, 0) is 72.8 Å². The number of nitrogens with one attached hydrogen (secondary N) is 1. The van der Waals surface area contributed by atoms with Crippen LogP contribution in [0.1, 0.15) is 0 Å². The van der Waals surface area contributed by atoms with Crippen molar-refractivity contribution in [3.8, 4) is 0 Å². The minimum atomic E-state index is 0.242. The fourth-order valence-corrected chi connectivity index (χ4v) is 6.23. The lowest BCUT2D eigenvalue weighted by atomic mass is 10.2. The van der Waals surface area contributed by atoms with Gasteiger partial charge in [0.05, 0.1) is 16.5 Å². The molecule has 226 valence electrons. The first-order chi connectivity index (χ1) is 22.7. The third-order valence-electron chi connectivity index (χ3n) is 7.38. The van der Waals surface area contributed by atoms with Crippen LogP contribution in [-0.2, 0) is 0 Å². The van der Waals surface area contributed by atoms with Crippen LogP contribution in [0.25, 0.3) is 27.6 Å². The Labute approximate surface area is 271 Å². The van der Waals surface area contributed by atoms with E-state index in [-0.39, 0.29) is 8.73 Å². The van der Waals surface area contributed by atoms with E-state index in [4.69, 9.17) is 11.5 Å². The van der Waals surface area contributed by atoms with E-state index in [1.165, 1.54) is 10.8 Å². The highest BCUT2D eigenvalue weighted by atomic mass is 31.1. The number of allylic oxidation sites excluding steroid dienone is 2. The van der Waals surface area contributed by atoms with Crippen molar-refractivity contribution < 1.29 is 0 Å². The molecular formula is C40H36N5P. The number of para-hydroxylation sites is 6. The summed E-state index contributed by atoms with van der Waals surface area (Å²) in [6, 6.07) is 57.5. The number of hydrogen-bond donors (Lipinski definition) is 3. The van der Waals surface area contributed by atoms with Crippen LogP contribution in [0.4, 0.5) is 22.7 Å². The Morgan fingerprint density at radius 2 is 0.891 bits per heavy atom. The molecule has 7 aromatic rings. The van der Waals surface area contributed by atoms with Gasteiger partial charge < -0.3 is 21.5 Å². The lowest BCUT2D eigenvalue weighted by molar-refractivity contribution is 1.18. The summed E-state index contributed by atoms with van der Waals surface area (Å²) in [5.41, 5.74) is 20.4. The third-order valence-corrected chi connectivity index (χ3v) is 8.54. The van der Waals surface area contributed by atoms with Gasteiger partial charge in [0.25, 0.3) is 0 Å². The summed E-state index contributed by atoms with van der Waals surface area (Å²) in [7, 11) is 0.242. The molecule has 7 rings (SSSR count). The summed E-state index contributed by atoms with van der Waals surface area (Å²) < 4.78 is 4.31. The van der Waals surface area contributed by atoms with Crippen molar-refractivity contribution >= 4 is 59.1 Å². The van der Waals surface area contributed by atoms with Crippen LogP contribution in [0, 0.1) is 0 Å². The molecule has 46 heavy (non-hydrogen) atoms. The first-order valence-electron chi connectivity index (χ1n) is 15.1. The van der Waals surface area contributed by atoms with Gasteiger partial charge in [-0.25, -0.2) is 0 Å². The molecule has 1 aromatic heterocycles. The summed E-state index contributed by atoms with van der Waals surface area (Å²) in [4.78, 5) is 0. The van der Waals surface area contributed by atoms with E-state index in [9.17, 15) is 0 Å². The van der Waals surface area contributed by atoms with Crippen LogP contribution in [0.3, 0.4) is 0 Å². The number of benzene rings is 6. The Hall–Kier alpha value is -5.77. The third kappa shape index (κ3) is 7.29. The van der Waals surface area contributed by atoms with Crippen LogP contribution >= 0.6 is 8.73 Å². The quantitative estimate of drug-likeness (QED) is 0.117. The molecule has 0 saturated heterocycles. The SMILES string of the molecule is N/C(=C\C=C(/N)n1c2ccccc2c2ccccc21)PN(c1ccccc1)c1ccccc1.c1ccc(Nc2ccccc2)cc1. The summed E-state index contributed by atoms with van der Waals surface area (Å²) in [6.07, 6.45) is 3.81. The highest BCUT2D eigenvalue weighted by Gasteiger charge is 2.12. The maximum absolute atomic E-state index is 6.59. The summed E-state index contributed by atoms with van der Waals surface area (Å²) >= 11 is 0. The van der Waals surface area contributed by atoms with E-state index < -0.39 is 0 Å². The molecule has 0 bridgehead atoms. The molecule has 0 aliphatic carbocycles. The number of fused-ring (bicyclic) bond motifs is 3. The number of nitrogens with two attached hydrogens (primary N) is 2. The largest absolute Gasteiger partial charge is 0.397 e. The molecular weight excluding hydrogens is 581 g/mol. The molecule has 1 heterocycles. The average molecular weight is 618 g/mol. The molecule has 0 aliphatic heterocycles. The molecule has 6 heteroatoms. The Balaban J connectivity index is 0.000000238. The standard InChI is InChI=1S/C28H25N4P.C12H11N/c29-27(31-25-17-9-7-15-23(25)24-16-8-10-18-26(24)31)19-20-28(30)33-32(21-11-3-1-4-12-21)22-13-5-2-6-14-22;1-3-7-11(8-4-1)13-12-9-5-2-6-10-12/h1-20,33H,29-30H2;1-10,13H/b27-19+,28-20+;. The summed E-state index contributed by atoms with van der Waals surface area (Å²) in [5.74, 6) is 0.631. The van der Waals surface area contributed by atoms with Crippen LogP contribution in [0.5, 0.6) is 0 Å². The van der Waals surface area contributed by atoms with E-state index in [2.05, 4.69) is 75.2 Å². The first kappa shape index (κ1) is 30.3. The van der Waals surface area contributed by atoms with E-state index in [0.29, 0.717) is 5.82 Å². The van der Waals surface area contributed by atoms with Crippen LogP contribution in [-0.4, -0.2) is 4.57 Å². The second-order valence-corrected chi connectivity index (χ2v) is 11.8. The van der Waals surface area contributed by atoms with E-state index in [1.807, 2.05) is 121 Å². The highest BCUT2D eigenvalue weighted by Crippen LogP contribution is 2.39. The van der Waals surface area contributed by atoms with E-state index in [1.54, 1.807) is 0 Å². The normalized spacial score (nSPS) is 11.8. The molecule has 5 N–H and O–H groups in total. The van der Waals surface area contributed by atoms with Gasteiger partial charge in [0.1, 0.15) is 5.82 Å². The zero-order chi connectivity index (χ0) is 31.6. The molecule has 0 spiro atoms. The van der Waals surface area contributed by atoms with Crippen molar-refractivity contribution in [2.45, 2.75) is 0 Å². The van der Waals surface area contributed by atoms with Crippen molar-refractivity contribution in [3.63, 3.8) is 0 Å². The van der Waals surface area contributed by atoms with Crippen molar-refractivity contribution in [3.05, 3.63) is 187 Å². The predicted molar refractivity (Wildman–Crippen MR) is 200 cm³/mol. The zero-order valence-corrected chi connectivity index (χ0v) is 26.4. The fraction of sp³-hybridized carbons (Fsp3) is 0. The Morgan fingerprint density at radius 1 is 0.500 bits per heavy atom. The molecule has 0 aliphatic rings. The number of rotatable bonds is 8. The van der Waals surface area contributed by atoms with E-state index in [0.717, 1.165) is 39.2 Å². The Bertz CT molecular complexity index is 1930. The minimum absolute atomic E-state index is 0.242. The molecule has 1 atom stereocenters. The molecule has 0 amide bonds. The van der Waals surface area contributed by atoms with E-state index >= 15 is 0 Å². The van der Waals surface area contributed by atoms with Crippen molar-refractivity contribution in [1.29, 1.82) is 0 Å². The molecule has 5 nitrogen and oxygen atoms in total. The van der Waals surface area contributed by atoms with Gasteiger partial charge in [-0.15, -0.1) is 0 Å². The van der Waals surface area contributed by atoms with Gasteiger partial charge >= 0.3 is 0 Å². The highest BCUT2D eigenvalue weighted by molar-refractivity contribution is 7.45. The van der Waals surface area contributed by atoms with Crippen LogP contribution in [0.15, 0.2) is 187 Å². The van der Waals surface area contributed by atoms with Crippen molar-refractivity contribution in [2.24, 2.45) is 11.5 Å². The van der Waals surface area contributed by atoms with Gasteiger partial charge in [-0.1, -0.05) is 109 Å². The van der Waals surface area contributed by atoms with Crippen LogP contribution in [0.2, 0.25) is 0 Å². The number of nitrogens with zero attached hydrogens (tertiary/aromatic N) is 2. The number of hydrogen-bond acceptors (Lipinski definition) is 4. The smallest absolute Gasteiger partial charge is 0.108 e. The van der Waals surface area contributed by atoms with Gasteiger partial charge in [0.15, 0.2) is 0 Å². The molecule has 0 saturated carbocycles. The lowest BCUT2D eigenvalue weighted by Gasteiger charge is -2.24. The fourth-order valence-electron chi connectivity index (χ4n) is 5.26. The Morgan fingerprint density at radius 3 is 1.35 bits per heavy atom. The van der Waals surface area contributed by atoms with Crippen LogP contribution < -0.4 is 21.5 Å². The van der Waals surface area contributed by atoms with Gasteiger partial charge in [0.2, 0.25) is 0 Å². The Kier molecular flexibility index (Phi) is 9.74. The molecule has 0 radical (unpaired) electrons. The van der Waals surface area contributed by atoms with Gasteiger partial charge in [-0.2, -0.15) is 0 Å². The maximum Gasteiger partial charge on any atom is 0.108 e. The number of anilines is 4. The number of aromatic nitrogens is 1. The lowest BCUT2D eigenvalue weighted by Crippen LogP contribution is -2.08. The summed E-state index contributed by atoms with van der Waals surface area (Å²) in [6.45, 7) is 0. The second kappa shape index (κ2) is 14.8. The van der Waals surface area contributed by atoms with Crippen molar-refractivity contribution in [2.75, 3.05) is 9.99 Å². The molecule has 1 unspecified atom stereocenters. The summed E-state index contributed by atoms with van der Waals surface area (Å²) in [5, 5.41) is 5.67. The second-order valence-electron chi connectivity index (χ2n) is 10.6. The predicted octanol–water partition coefficient (Wildman–Crippen LogP) is 10.2. The molecule has 6 aromatic carbocycles. The topological polar surface area (TPSA) is 72.2 Å². The first-order valence-corrected chi connectivity index (χ1v) is 16.1. The van der Waals surface area contributed by atoms with Gasteiger partial charge in [-0.3, -0.25) is 4.57 Å². The minimum Gasteiger partial charge on any atom is -0.397 e. The maximum atomic E-state index is 6.59. The average Bonchev–Trinajstić information content (AvgIpc) is 3.46. The van der Waals surface area contributed by atoms with Crippen molar-refractivity contribution in [1.82, 2.24) is 4.57 Å². The zero-order valence-electron chi connectivity index (χ0n) is 25.4. The monoisotopic (exact) mass is 617 g/mol. The van der Waals surface area contributed by atoms with Gasteiger partial charge in [0, 0.05) is 42.3 Å².